The van der Waals surface area contributed by atoms with E-state index in [-0.39, 0.29) is 6.42 Å². The molecule has 0 bridgehead atoms. The SMILES string of the molecule is CCCCC(CC(=O)O)C(=O)N(O)O. The molecule has 1 atom stereocenters. The maximum Gasteiger partial charge on any atom is 0.304 e. The summed E-state index contributed by atoms with van der Waals surface area (Å²) in [6, 6.07) is 0. The van der Waals surface area contributed by atoms with Crippen molar-refractivity contribution in [2.24, 2.45) is 5.92 Å². The van der Waals surface area contributed by atoms with Crippen molar-refractivity contribution in [2.75, 3.05) is 0 Å². The molecule has 0 aliphatic heterocycles. The standard InChI is InChI=1S/C8H15NO5/c1-2-3-4-6(5-7(10)11)8(12)9(13)14/h6,13-14H,2-5H2,1H3,(H,10,11). The lowest BCUT2D eigenvalue weighted by molar-refractivity contribution is -0.288. The molecule has 0 spiro atoms. The summed E-state index contributed by atoms with van der Waals surface area (Å²) in [5.41, 5.74) is 0. The molecule has 0 radical (unpaired) electrons. The van der Waals surface area contributed by atoms with Crippen molar-refractivity contribution in [3.8, 4) is 0 Å². The summed E-state index contributed by atoms with van der Waals surface area (Å²) >= 11 is 0. The van der Waals surface area contributed by atoms with Crippen molar-refractivity contribution >= 4 is 11.9 Å². The zero-order valence-electron chi connectivity index (χ0n) is 8.01. The predicted molar refractivity (Wildman–Crippen MR) is 45.7 cm³/mol. The van der Waals surface area contributed by atoms with Crippen LogP contribution >= 0.6 is 0 Å². The van der Waals surface area contributed by atoms with Gasteiger partial charge in [-0.15, -0.1) is 0 Å². The predicted octanol–water partition coefficient (Wildman–Crippen LogP) is 0.874. The number of hydroxylamine groups is 2. The fraction of sp³-hybridized carbons (Fsp3) is 0.750. The van der Waals surface area contributed by atoms with Gasteiger partial charge < -0.3 is 5.11 Å². The number of carbonyl (C=O) groups excluding carboxylic acids is 1. The lowest BCUT2D eigenvalue weighted by atomic mass is 9.98. The van der Waals surface area contributed by atoms with Crippen LogP contribution in [0.15, 0.2) is 0 Å². The van der Waals surface area contributed by atoms with E-state index in [1.54, 1.807) is 0 Å². The molecular formula is C8H15NO5. The van der Waals surface area contributed by atoms with Crippen LogP contribution in [0.3, 0.4) is 0 Å². The average molecular weight is 205 g/mol. The number of carboxylic acids is 1. The molecule has 0 aromatic carbocycles. The van der Waals surface area contributed by atoms with Crippen molar-refractivity contribution in [1.29, 1.82) is 0 Å². The first-order valence-electron chi connectivity index (χ1n) is 4.42. The molecule has 0 fully saturated rings. The third kappa shape index (κ3) is 4.78. The van der Waals surface area contributed by atoms with Crippen LogP contribution < -0.4 is 0 Å². The Morgan fingerprint density at radius 2 is 1.93 bits per heavy atom. The van der Waals surface area contributed by atoms with Crippen LogP contribution in [-0.2, 0) is 9.59 Å². The minimum absolute atomic E-state index is 0.346. The lowest BCUT2D eigenvalue weighted by Gasteiger charge is -2.15. The monoisotopic (exact) mass is 205 g/mol. The van der Waals surface area contributed by atoms with Gasteiger partial charge in [-0.25, -0.2) is 0 Å². The van der Waals surface area contributed by atoms with Crippen LogP contribution in [0, 0.1) is 5.92 Å². The van der Waals surface area contributed by atoms with Crippen LogP contribution in [-0.4, -0.2) is 32.6 Å². The molecule has 0 saturated carbocycles. The summed E-state index contributed by atoms with van der Waals surface area (Å²) in [6.07, 6.45) is 1.47. The summed E-state index contributed by atoms with van der Waals surface area (Å²) in [5, 5.41) is 24.8. The quantitative estimate of drug-likeness (QED) is 0.441. The number of hydrogen-bond donors (Lipinski definition) is 3. The summed E-state index contributed by atoms with van der Waals surface area (Å²) in [6.45, 7) is 1.90. The normalized spacial score (nSPS) is 12.2. The van der Waals surface area contributed by atoms with E-state index >= 15 is 0 Å². The summed E-state index contributed by atoms with van der Waals surface area (Å²) in [7, 11) is 0. The summed E-state index contributed by atoms with van der Waals surface area (Å²) < 4.78 is 0. The Kier molecular flexibility index (Phi) is 5.82. The van der Waals surface area contributed by atoms with Crippen molar-refractivity contribution in [3.05, 3.63) is 0 Å². The molecule has 1 unspecified atom stereocenters. The highest BCUT2D eigenvalue weighted by Crippen LogP contribution is 2.14. The molecule has 0 aromatic heterocycles. The highest BCUT2D eigenvalue weighted by atomic mass is 16.8. The van der Waals surface area contributed by atoms with Crippen LogP contribution in [0.5, 0.6) is 0 Å². The van der Waals surface area contributed by atoms with Gasteiger partial charge in [-0.05, 0) is 6.42 Å². The molecule has 0 saturated heterocycles. The fourth-order valence-electron chi connectivity index (χ4n) is 1.14. The van der Waals surface area contributed by atoms with Gasteiger partial charge in [-0.1, -0.05) is 25.0 Å². The third-order valence-corrected chi connectivity index (χ3v) is 1.87. The van der Waals surface area contributed by atoms with Gasteiger partial charge in [0, 0.05) is 0 Å². The molecule has 0 rings (SSSR count). The summed E-state index contributed by atoms with van der Waals surface area (Å²) in [5.74, 6) is -2.95. The van der Waals surface area contributed by atoms with Gasteiger partial charge in [0.15, 0.2) is 0 Å². The first kappa shape index (κ1) is 12.9. The Morgan fingerprint density at radius 1 is 1.36 bits per heavy atom. The van der Waals surface area contributed by atoms with Crippen LogP contribution in [0.1, 0.15) is 32.6 Å². The Labute approximate surface area is 81.7 Å². The van der Waals surface area contributed by atoms with E-state index in [1.807, 2.05) is 6.92 Å². The Hall–Kier alpha value is -1.14. The minimum Gasteiger partial charge on any atom is -0.481 e. The van der Waals surface area contributed by atoms with E-state index in [2.05, 4.69) is 0 Å². The van der Waals surface area contributed by atoms with E-state index in [4.69, 9.17) is 15.5 Å². The molecule has 6 heteroatoms. The van der Waals surface area contributed by atoms with E-state index in [0.717, 1.165) is 6.42 Å². The third-order valence-electron chi connectivity index (χ3n) is 1.87. The molecule has 0 aliphatic carbocycles. The number of unbranched alkanes of at least 4 members (excludes halogenated alkanes) is 1. The zero-order chi connectivity index (χ0) is 11.1. The number of carbonyl (C=O) groups is 2. The van der Waals surface area contributed by atoms with Gasteiger partial charge in [0.25, 0.3) is 5.91 Å². The number of rotatable bonds is 6. The second kappa shape index (κ2) is 6.33. The van der Waals surface area contributed by atoms with E-state index in [9.17, 15) is 9.59 Å². The van der Waals surface area contributed by atoms with Gasteiger partial charge in [0.1, 0.15) is 0 Å². The molecule has 3 N–H and O–H groups in total. The largest absolute Gasteiger partial charge is 0.481 e. The molecule has 0 aromatic rings. The van der Waals surface area contributed by atoms with E-state index in [1.165, 1.54) is 0 Å². The minimum atomic E-state index is -1.12. The van der Waals surface area contributed by atoms with Crippen molar-refractivity contribution in [2.45, 2.75) is 32.6 Å². The fourth-order valence-corrected chi connectivity index (χ4v) is 1.14. The topological polar surface area (TPSA) is 98.1 Å². The van der Waals surface area contributed by atoms with Gasteiger partial charge in [0.2, 0.25) is 0 Å². The van der Waals surface area contributed by atoms with Crippen molar-refractivity contribution < 1.29 is 25.1 Å². The Bertz CT molecular complexity index is 204. The lowest BCUT2D eigenvalue weighted by Crippen LogP contribution is -2.32. The zero-order valence-corrected chi connectivity index (χ0v) is 8.01. The Morgan fingerprint density at radius 3 is 2.29 bits per heavy atom. The highest BCUT2D eigenvalue weighted by Gasteiger charge is 2.24. The second-order valence-electron chi connectivity index (χ2n) is 3.06. The molecule has 6 nitrogen and oxygen atoms in total. The molecule has 0 heterocycles. The smallest absolute Gasteiger partial charge is 0.304 e. The second-order valence-corrected chi connectivity index (χ2v) is 3.06. The van der Waals surface area contributed by atoms with Crippen molar-refractivity contribution in [3.63, 3.8) is 0 Å². The number of amides is 1. The van der Waals surface area contributed by atoms with Crippen LogP contribution in [0.4, 0.5) is 0 Å². The van der Waals surface area contributed by atoms with Crippen molar-refractivity contribution in [1.82, 2.24) is 5.23 Å². The van der Waals surface area contributed by atoms with Gasteiger partial charge in [-0.3, -0.25) is 20.0 Å². The molecule has 82 valence electrons. The average Bonchev–Trinajstić information content (AvgIpc) is 2.10. The molecule has 0 aliphatic rings. The van der Waals surface area contributed by atoms with Gasteiger partial charge in [-0.2, -0.15) is 0 Å². The highest BCUT2D eigenvalue weighted by molar-refractivity contribution is 5.81. The molecule has 14 heavy (non-hydrogen) atoms. The molecule has 1 amide bonds. The number of aliphatic carboxylic acids is 1. The number of carboxylic acid groups (broad SMARTS) is 1. The van der Waals surface area contributed by atoms with Gasteiger partial charge >= 0.3 is 5.97 Å². The first-order valence-corrected chi connectivity index (χ1v) is 4.42. The number of nitrogens with zero attached hydrogens (tertiary/aromatic N) is 1. The van der Waals surface area contributed by atoms with Gasteiger partial charge in [0.05, 0.1) is 12.3 Å². The molecular weight excluding hydrogens is 190 g/mol. The van der Waals surface area contributed by atoms with Crippen LogP contribution in [0.25, 0.3) is 0 Å². The maximum atomic E-state index is 11.0. The maximum absolute atomic E-state index is 11.0. The number of hydrogen-bond acceptors (Lipinski definition) is 4. The Balaban J connectivity index is 4.22. The van der Waals surface area contributed by atoms with Crippen LogP contribution in [0.2, 0.25) is 0 Å². The first-order chi connectivity index (χ1) is 6.49. The van der Waals surface area contributed by atoms with E-state index in [0.29, 0.717) is 12.8 Å². The van der Waals surface area contributed by atoms with E-state index < -0.39 is 23.0 Å². The summed E-state index contributed by atoms with van der Waals surface area (Å²) in [4.78, 5) is 21.4.